The third-order valence-corrected chi connectivity index (χ3v) is 1.72. The summed E-state index contributed by atoms with van der Waals surface area (Å²) in [5.41, 5.74) is 7.04. The van der Waals surface area contributed by atoms with Gasteiger partial charge in [-0.05, 0) is 26.2 Å². The summed E-state index contributed by atoms with van der Waals surface area (Å²) in [7, 11) is 0. The molecule has 10 heavy (non-hydrogen) atoms. The molecule has 1 atom stereocenters. The Bertz CT molecular complexity index is 112. The van der Waals surface area contributed by atoms with Crippen LogP contribution in [0.1, 0.15) is 34.1 Å². The molecule has 0 fully saturated rings. The van der Waals surface area contributed by atoms with E-state index in [1.807, 2.05) is 6.92 Å². The molecule has 0 aromatic heterocycles. The molecule has 0 spiro atoms. The molecule has 0 bridgehead atoms. The first kappa shape index (κ1) is 9.70. The highest BCUT2D eigenvalue weighted by Crippen LogP contribution is 2.08. The van der Waals surface area contributed by atoms with Crippen LogP contribution < -0.4 is 5.73 Å². The van der Waals surface area contributed by atoms with E-state index < -0.39 is 0 Å². The highest BCUT2D eigenvalue weighted by atomic mass is 14.6. The van der Waals surface area contributed by atoms with Gasteiger partial charge in [0.15, 0.2) is 0 Å². The van der Waals surface area contributed by atoms with Gasteiger partial charge in [0, 0.05) is 6.04 Å². The molecule has 0 aliphatic heterocycles. The fourth-order valence-electron chi connectivity index (χ4n) is 0.607. The fraction of sp³-hybridized carbons (Fsp3) is 0.778. The van der Waals surface area contributed by atoms with Crippen LogP contribution in [0.25, 0.3) is 0 Å². The van der Waals surface area contributed by atoms with Crippen LogP contribution in [0.5, 0.6) is 0 Å². The highest BCUT2D eigenvalue weighted by molar-refractivity contribution is 5.01. The molecule has 0 aromatic rings. The zero-order chi connectivity index (χ0) is 8.15. The van der Waals surface area contributed by atoms with Crippen molar-refractivity contribution in [2.45, 2.75) is 40.2 Å². The van der Waals surface area contributed by atoms with Gasteiger partial charge in [-0.1, -0.05) is 25.5 Å². The molecule has 60 valence electrons. The van der Waals surface area contributed by atoms with Crippen LogP contribution in [0.3, 0.4) is 0 Å². The maximum Gasteiger partial charge on any atom is 0.00450 e. The van der Waals surface area contributed by atoms with Gasteiger partial charge in [0.25, 0.3) is 0 Å². The zero-order valence-electron chi connectivity index (χ0n) is 7.52. The second-order valence-corrected chi connectivity index (χ2v) is 3.32. The lowest BCUT2D eigenvalue weighted by Crippen LogP contribution is -2.13. The van der Waals surface area contributed by atoms with Crippen LogP contribution in [0, 0.1) is 5.92 Å². The molecule has 0 aliphatic rings. The minimum atomic E-state index is 0.300. The Morgan fingerprint density at radius 1 is 1.40 bits per heavy atom. The van der Waals surface area contributed by atoms with Crippen molar-refractivity contribution < 1.29 is 0 Å². The number of nitrogens with two attached hydrogens (primary N) is 1. The molecule has 2 N–H and O–H groups in total. The van der Waals surface area contributed by atoms with E-state index in [1.165, 1.54) is 5.57 Å². The third-order valence-electron chi connectivity index (χ3n) is 1.72. The highest BCUT2D eigenvalue weighted by Gasteiger charge is 1.95. The minimum Gasteiger partial charge on any atom is -0.328 e. The van der Waals surface area contributed by atoms with Crippen molar-refractivity contribution in [1.82, 2.24) is 0 Å². The average Bonchev–Trinajstić information content (AvgIpc) is 1.82. The summed E-state index contributed by atoms with van der Waals surface area (Å²) in [6, 6.07) is 0.300. The third kappa shape index (κ3) is 4.57. The summed E-state index contributed by atoms with van der Waals surface area (Å²) in [6.45, 7) is 8.59. The molecular formula is C9H19N. The van der Waals surface area contributed by atoms with Crippen LogP contribution in [0.15, 0.2) is 11.6 Å². The van der Waals surface area contributed by atoms with Crippen molar-refractivity contribution in [1.29, 1.82) is 0 Å². The van der Waals surface area contributed by atoms with Gasteiger partial charge in [-0.2, -0.15) is 0 Å². The van der Waals surface area contributed by atoms with Gasteiger partial charge in [0.1, 0.15) is 0 Å². The molecule has 0 radical (unpaired) electrons. The van der Waals surface area contributed by atoms with Gasteiger partial charge < -0.3 is 5.73 Å². The summed E-state index contributed by atoms with van der Waals surface area (Å²) in [4.78, 5) is 0. The Labute approximate surface area is 64.3 Å². The van der Waals surface area contributed by atoms with Crippen molar-refractivity contribution in [3.8, 4) is 0 Å². The van der Waals surface area contributed by atoms with Crippen molar-refractivity contribution in [2.75, 3.05) is 0 Å². The number of rotatable bonds is 3. The van der Waals surface area contributed by atoms with Gasteiger partial charge in [-0.25, -0.2) is 0 Å². The van der Waals surface area contributed by atoms with E-state index in [9.17, 15) is 0 Å². The largest absolute Gasteiger partial charge is 0.328 e. The van der Waals surface area contributed by atoms with Crippen LogP contribution in [-0.2, 0) is 0 Å². The molecule has 0 saturated heterocycles. The molecule has 0 amide bonds. The lowest BCUT2D eigenvalue weighted by molar-refractivity contribution is 0.721. The van der Waals surface area contributed by atoms with E-state index in [1.54, 1.807) is 0 Å². The Hall–Kier alpha value is -0.300. The Morgan fingerprint density at radius 2 is 1.90 bits per heavy atom. The molecular weight excluding hydrogens is 122 g/mol. The average molecular weight is 141 g/mol. The molecule has 1 heteroatoms. The molecule has 1 nitrogen and oxygen atoms in total. The number of allylic oxidation sites excluding steroid dienone is 1. The summed E-state index contributed by atoms with van der Waals surface area (Å²) < 4.78 is 0. The first-order valence-corrected chi connectivity index (χ1v) is 3.96. The molecule has 0 aromatic carbocycles. The second-order valence-electron chi connectivity index (χ2n) is 3.32. The zero-order valence-corrected chi connectivity index (χ0v) is 7.52. The Morgan fingerprint density at radius 3 is 2.20 bits per heavy atom. The maximum absolute atomic E-state index is 5.60. The van der Waals surface area contributed by atoms with Crippen molar-refractivity contribution in [3.63, 3.8) is 0 Å². The summed E-state index contributed by atoms with van der Waals surface area (Å²) in [6.07, 6.45) is 3.24. The van der Waals surface area contributed by atoms with E-state index in [0.29, 0.717) is 12.0 Å². The normalized spacial score (nSPS) is 16.0. The van der Waals surface area contributed by atoms with E-state index in [2.05, 4.69) is 26.8 Å². The summed E-state index contributed by atoms with van der Waals surface area (Å²) >= 11 is 0. The molecule has 0 saturated carbocycles. The quantitative estimate of drug-likeness (QED) is 0.600. The molecule has 0 aliphatic carbocycles. The van der Waals surface area contributed by atoms with Crippen LogP contribution in [0.4, 0.5) is 0 Å². The van der Waals surface area contributed by atoms with Crippen LogP contribution in [-0.4, -0.2) is 6.04 Å². The molecule has 0 heterocycles. The molecule has 0 rings (SSSR count). The van der Waals surface area contributed by atoms with Crippen molar-refractivity contribution in [3.05, 3.63) is 11.6 Å². The predicted molar refractivity (Wildman–Crippen MR) is 46.9 cm³/mol. The first-order valence-electron chi connectivity index (χ1n) is 3.96. The van der Waals surface area contributed by atoms with Gasteiger partial charge in [-0.3, -0.25) is 0 Å². The van der Waals surface area contributed by atoms with Crippen molar-refractivity contribution in [2.24, 2.45) is 11.7 Å². The van der Waals surface area contributed by atoms with E-state index in [-0.39, 0.29) is 0 Å². The minimum absolute atomic E-state index is 0.300. The van der Waals surface area contributed by atoms with Gasteiger partial charge >= 0.3 is 0 Å². The summed E-state index contributed by atoms with van der Waals surface area (Å²) in [5, 5.41) is 0. The first-order chi connectivity index (χ1) is 4.54. The SMILES string of the molecule is C/C(=C\CC(C)N)C(C)C. The molecule has 1 unspecified atom stereocenters. The smallest absolute Gasteiger partial charge is 0.00450 e. The maximum atomic E-state index is 5.60. The summed E-state index contributed by atoms with van der Waals surface area (Å²) in [5.74, 6) is 0.666. The van der Waals surface area contributed by atoms with E-state index in [0.717, 1.165) is 6.42 Å². The lowest BCUT2D eigenvalue weighted by Gasteiger charge is -2.05. The van der Waals surface area contributed by atoms with E-state index in [4.69, 9.17) is 5.73 Å². The number of hydrogen-bond acceptors (Lipinski definition) is 1. The standard InChI is InChI=1S/C9H19N/c1-7(2)8(3)5-6-9(4)10/h5,7,9H,6,10H2,1-4H3/b8-5+. The van der Waals surface area contributed by atoms with Gasteiger partial charge in [0.05, 0.1) is 0 Å². The number of hydrogen-bond donors (Lipinski definition) is 1. The predicted octanol–water partition coefficient (Wildman–Crippen LogP) is 2.33. The van der Waals surface area contributed by atoms with Crippen LogP contribution >= 0.6 is 0 Å². The Balaban J connectivity index is 3.69. The fourth-order valence-corrected chi connectivity index (χ4v) is 0.607. The second kappa shape index (κ2) is 4.51. The lowest BCUT2D eigenvalue weighted by atomic mass is 10.0. The van der Waals surface area contributed by atoms with Crippen LogP contribution in [0.2, 0.25) is 0 Å². The monoisotopic (exact) mass is 141 g/mol. The topological polar surface area (TPSA) is 26.0 Å². The van der Waals surface area contributed by atoms with Gasteiger partial charge in [-0.15, -0.1) is 0 Å². The Kier molecular flexibility index (Phi) is 4.37. The van der Waals surface area contributed by atoms with Crippen molar-refractivity contribution >= 4 is 0 Å². The van der Waals surface area contributed by atoms with E-state index >= 15 is 0 Å². The van der Waals surface area contributed by atoms with Gasteiger partial charge in [0.2, 0.25) is 0 Å².